The van der Waals surface area contributed by atoms with Gasteiger partial charge >= 0.3 is 5.97 Å². The van der Waals surface area contributed by atoms with Crippen molar-refractivity contribution in [1.29, 1.82) is 0 Å². The first-order valence-electron chi connectivity index (χ1n) is 18.0. The van der Waals surface area contributed by atoms with Gasteiger partial charge in [-0.2, -0.15) is 0 Å². The molecule has 0 saturated heterocycles. The number of nitrogens with zero attached hydrogens (tertiary/aromatic N) is 1. The molecule has 0 bridgehead atoms. The molecule has 3 N–H and O–H groups in total. The van der Waals surface area contributed by atoms with Crippen LogP contribution in [0.1, 0.15) is 60.7 Å². The van der Waals surface area contributed by atoms with E-state index in [-0.39, 0.29) is 47.9 Å². The van der Waals surface area contributed by atoms with Gasteiger partial charge in [0.15, 0.2) is 5.78 Å². The van der Waals surface area contributed by atoms with E-state index < -0.39 is 112 Å². The van der Waals surface area contributed by atoms with E-state index in [2.05, 4.69) is 0 Å². The molecule has 0 aliphatic heterocycles. The lowest BCUT2D eigenvalue weighted by molar-refractivity contribution is -0.572. The molecule has 20 nitrogen and oxygen atoms in total. The summed E-state index contributed by atoms with van der Waals surface area (Å²) in [4.78, 5) is 46.9. The minimum Gasteiger partial charge on any atom is -0.873 e. The molecule has 62 heavy (non-hydrogen) atoms. The Morgan fingerprint density at radius 3 is 1.69 bits per heavy atom. The van der Waals surface area contributed by atoms with E-state index >= 15 is 0 Å². The predicted molar refractivity (Wildman–Crippen MR) is 190 cm³/mol. The average Bonchev–Trinajstić information content (AvgIpc) is 3.17. The van der Waals surface area contributed by atoms with Crippen LogP contribution >= 0.6 is 0 Å². The Morgan fingerprint density at radius 1 is 0.694 bits per heavy atom. The Labute approximate surface area is 352 Å². The topological polar surface area (TPSA) is 395 Å². The second kappa shape index (κ2) is 20.8. The Kier molecular flexibility index (Phi) is 16.5. The fourth-order valence-electron chi connectivity index (χ4n) is 5.84. The minimum absolute atomic E-state index is 0.00157. The summed E-state index contributed by atoms with van der Waals surface area (Å²) < 4.78 is 4.87. The van der Waals surface area contributed by atoms with Crippen LogP contribution < -0.4 is 56.2 Å². The van der Waals surface area contributed by atoms with Gasteiger partial charge in [0.2, 0.25) is 0 Å². The smallest absolute Gasteiger partial charge is 0.330 e. The monoisotopic (exact) mass is 858 g/mol. The van der Waals surface area contributed by atoms with Crippen molar-refractivity contribution >= 4 is 29.4 Å². The van der Waals surface area contributed by atoms with E-state index in [1.807, 2.05) is 0 Å². The zero-order chi connectivity index (χ0) is 46.8. The van der Waals surface area contributed by atoms with Crippen LogP contribution in [0.2, 0.25) is 0 Å². The largest absolute Gasteiger partial charge is 0.873 e. The third kappa shape index (κ3) is 13.4. The van der Waals surface area contributed by atoms with Gasteiger partial charge in [-0.15, -0.1) is 46.7 Å². The molecule has 4 atom stereocenters. The van der Waals surface area contributed by atoms with E-state index in [0.29, 0.717) is 5.56 Å². The Bertz CT molecular complexity index is 2200. The molecule has 4 aromatic carbocycles. The first-order chi connectivity index (χ1) is 28.8. The van der Waals surface area contributed by atoms with Crippen molar-refractivity contribution in [3.05, 3.63) is 82.9 Å². The summed E-state index contributed by atoms with van der Waals surface area (Å²) in [6.07, 6.45) is -4.28. The standard InChI is InChI=1S/C17H19NO7.C17H17O8.C8H8O4/c1-9(19)6-18(7-10-2-12(20)16(24)13(21)3-10)8-11-4-14(22)17(25)15(23)5-11;1-9(18)17(24)7-13(21)16(23)14(8-17)25-15(22)5-3-10-2-4-11(19)12(20)6-10;1-4(9)5-2-6(10)8(12)7(11)3-5/h2-5,20-25H,6-8H2,1H3;2-6,13-14,16,19-20H,7-8H2,1H3;2-3,10-12H,1H3/q;-3;/p-8/b;5-3+;. The SMILES string of the molecule is CC(=O)C1([O-])CC([O-])C([O-])C(OC(=O)/C=C/c2ccc([O-])c([O-])c2)C1.CC(=O)CN(Cc1cc([O-])c([O-])c([O-])c1)Cc1cc([O-])c([O-])c(O)c1.CC(=O)c1cc(O)c([O-])c(O)c1. The van der Waals surface area contributed by atoms with Crippen LogP contribution in [0.25, 0.3) is 6.08 Å². The Morgan fingerprint density at radius 2 is 1.21 bits per heavy atom. The van der Waals surface area contributed by atoms with Gasteiger partial charge in [-0.05, 0) is 73.9 Å². The normalized spacial score (nSPS) is 18.2. The maximum atomic E-state index is 12.3. The highest BCUT2D eigenvalue weighted by molar-refractivity contribution is 5.95. The molecule has 5 rings (SSSR count). The molecule has 0 amide bonds. The van der Waals surface area contributed by atoms with Crippen molar-refractivity contribution < 1.29 is 95.4 Å². The van der Waals surface area contributed by atoms with Gasteiger partial charge in [-0.3, -0.25) is 14.5 Å². The van der Waals surface area contributed by atoms with Crippen molar-refractivity contribution in [2.45, 2.75) is 70.6 Å². The number of rotatable bonds is 11. The molecular formula is C42H36NO19-11. The molecule has 1 aliphatic carbocycles. The van der Waals surface area contributed by atoms with Crippen molar-refractivity contribution in [3.8, 4) is 63.2 Å². The molecule has 0 heterocycles. The number of esters is 1. The highest BCUT2D eigenvalue weighted by Crippen LogP contribution is 2.34. The van der Waals surface area contributed by atoms with E-state index in [9.17, 15) is 80.5 Å². The molecule has 334 valence electrons. The number of benzene rings is 4. The van der Waals surface area contributed by atoms with E-state index in [1.54, 1.807) is 0 Å². The number of phenols is 3. The van der Waals surface area contributed by atoms with Crippen LogP contribution in [0.4, 0.5) is 0 Å². The van der Waals surface area contributed by atoms with Crippen molar-refractivity contribution in [2.24, 2.45) is 0 Å². The van der Waals surface area contributed by atoms with Gasteiger partial charge < -0.3 is 81.0 Å². The number of ketones is 3. The van der Waals surface area contributed by atoms with Gasteiger partial charge in [0.05, 0.1) is 12.6 Å². The number of ether oxygens (including phenoxy) is 1. The summed E-state index contributed by atoms with van der Waals surface area (Å²) in [5.41, 5.74) is -1.29. The second-order valence-electron chi connectivity index (χ2n) is 14.1. The highest BCUT2D eigenvalue weighted by atomic mass is 16.6. The van der Waals surface area contributed by atoms with Crippen LogP contribution in [0.15, 0.2) is 60.7 Å². The van der Waals surface area contributed by atoms with Gasteiger partial charge in [0.1, 0.15) is 28.8 Å². The fraction of sp³-hybridized carbons (Fsp3) is 0.286. The number of Topliss-reactive ketones (excluding diaryl/α,β-unsaturated/α-hetero) is 3. The Balaban J connectivity index is 0.000000263. The zero-order valence-electron chi connectivity index (χ0n) is 32.9. The van der Waals surface area contributed by atoms with Crippen molar-refractivity contribution in [2.75, 3.05) is 6.54 Å². The summed E-state index contributed by atoms with van der Waals surface area (Å²) in [6, 6.07) is 9.66. The van der Waals surface area contributed by atoms with Crippen LogP contribution in [-0.4, -0.2) is 74.0 Å². The number of aromatic hydroxyl groups is 3. The molecule has 0 aromatic heterocycles. The molecule has 0 spiro atoms. The second-order valence-corrected chi connectivity index (χ2v) is 14.1. The zero-order valence-corrected chi connectivity index (χ0v) is 32.9. The number of carbonyl (C=O) groups excluding carboxylic acids is 4. The summed E-state index contributed by atoms with van der Waals surface area (Å²) in [5, 5.41) is 153. The molecular weight excluding hydrogens is 822 g/mol. The number of phenolic OH excluding ortho intramolecular Hbond substituents is 3. The third-order valence-electron chi connectivity index (χ3n) is 8.97. The maximum absolute atomic E-state index is 12.3. The van der Waals surface area contributed by atoms with E-state index in [4.69, 9.17) is 14.9 Å². The maximum Gasteiger partial charge on any atom is 0.330 e. The third-order valence-corrected chi connectivity index (χ3v) is 8.97. The highest BCUT2D eigenvalue weighted by Gasteiger charge is 2.35. The van der Waals surface area contributed by atoms with Crippen molar-refractivity contribution in [3.63, 3.8) is 0 Å². The van der Waals surface area contributed by atoms with Gasteiger partial charge in [-0.1, -0.05) is 54.2 Å². The van der Waals surface area contributed by atoms with Crippen molar-refractivity contribution in [1.82, 2.24) is 4.90 Å². The summed E-state index contributed by atoms with van der Waals surface area (Å²) >= 11 is 0. The molecule has 20 heteroatoms. The molecule has 0 radical (unpaired) electrons. The first-order valence-corrected chi connectivity index (χ1v) is 18.0. The lowest BCUT2D eigenvalue weighted by Gasteiger charge is -2.56. The first kappa shape index (κ1) is 49.1. The summed E-state index contributed by atoms with van der Waals surface area (Å²) in [5.74, 6) is -11.4. The average molecular weight is 859 g/mol. The lowest BCUT2D eigenvalue weighted by Crippen LogP contribution is -2.68. The molecule has 1 aliphatic rings. The minimum atomic E-state index is -2.23. The predicted octanol–water partition coefficient (Wildman–Crippen LogP) is -4.58. The summed E-state index contributed by atoms with van der Waals surface area (Å²) in [7, 11) is 0. The van der Waals surface area contributed by atoms with Gasteiger partial charge in [0, 0.05) is 24.7 Å². The quantitative estimate of drug-likeness (QED) is 0.0726. The number of hydrogen-bond acceptors (Lipinski definition) is 20. The molecule has 1 fully saturated rings. The van der Waals surface area contributed by atoms with Crippen LogP contribution in [0.5, 0.6) is 63.2 Å². The van der Waals surface area contributed by atoms with Gasteiger partial charge in [-0.25, -0.2) is 4.79 Å². The number of hydrogen-bond donors (Lipinski definition) is 3. The van der Waals surface area contributed by atoms with E-state index in [0.717, 1.165) is 61.5 Å². The fourth-order valence-corrected chi connectivity index (χ4v) is 5.84. The molecule has 1 saturated carbocycles. The van der Waals surface area contributed by atoms with Gasteiger partial charge in [0.25, 0.3) is 0 Å². The number of carbonyl (C=O) groups is 4. The summed E-state index contributed by atoms with van der Waals surface area (Å²) in [6.45, 7) is 3.60. The van der Waals surface area contributed by atoms with Crippen LogP contribution in [0, 0.1) is 0 Å². The van der Waals surface area contributed by atoms with Crippen LogP contribution in [0.3, 0.4) is 0 Å². The van der Waals surface area contributed by atoms with E-state index in [1.165, 1.54) is 30.9 Å². The molecule has 4 aromatic rings. The lowest BCUT2D eigenvalue weighted by atomic mass is 9.77. The molecule has 4 unspecified atom stereocenters. The Hall–Kier alpha value is -7.26. The van der Waals surface area contributed by atoms with Crippen LogP contribution in [-0.2, 0) is 32.2 Å².